The maximum Gasteiger partial charge on any atom is 0.226 e. The number of amides is 1. The van der Waals surface area contributed by atoms with Crippen LogP contribution in [0, 0.1) is 5.82 Å². The third kappa shape index (κ3) is 4.48. The van der Waals surface area contributed by atoms with Gasteiger partial charge < -0.3 is 9.88 Å². The number of anilines is 1. The molecule has 3 aromatic carbocycles. The Morgan fingerprint density at radius 2 is 1.67 bits per heavy atom. The second-order valence-corrected chi connectivity index (χ2v) is 7.66. The SMILES string of the molecule is O=C(CCn1c(Cc2c(Cl)cccc2Cl)nc2ccccc21)Nc1ccc(F)cc1. The number of aryl methyl sites for hydroxylation is 1. The molecule has 0 fully saturated rings. The fraction of sp³-hybridized carbons (Fsp3) is 0.130. The van der Waals surface area contributed by atoms with Gasteiger partial charge in [-0.25, -0.2) is 9.37 Å². The maximum atomic E-state index is 13.0. The number of halogens is 3. The summed E-state index contributed by atoms with van der Waals surface area (Å²) < 4.78 is 15.1. The highest BCUT2D eigenvalue weighted by atomic mass is 35.5. The van der Waals surface area contributed by atoms with Crippen LogP contribution in [0.5, 0.6) is 0 Å². The molecule has 0 saturated carbocycles. The van der Waals surface area contributed by atoms with Gasteiger partial charge >= 0.3 is 0 Å². The molecule has 1 aromatic heterocycles. The fourth-order valence-electron chi connectivity index (χ4n) is 3.34. The van der Waals surface area contributed by atoms with Crippen LogP contribution in [0.25, 0.3) is 11.0 Å². The van der Waals surface area contributed by atoms with Crippen LogP contribution in [0.4, 0.5) is 10.1 Å². The highest BCUT2D eigenvalue weighted by Crippen LogP contribution is 2.28. The molecule has 4 nitrogen and oxygen atoms in total. The van der Waals surface area contributed by atoms with Crippen molar-refractivity contribution in [3.8, 4) is 0 Å². The topological polar surface area (TPSA) is 46.9 Å². The Morgan fingerprint density at radius 1 is 0.967 bits per heavy atom. The van der Waals surface area contributed by atoms with Crippen LogP contribution in [0.3, 0.4) is 0 Å². The van der Waals surface area contributed by atoms with Gasteiger partial charge in [-0.3, -0.25) is 4.79 Å². The first kappa shape index (κ1) is 20.4. The summed E-state index contributed by atoms with van der Waals surface area (Å²) in [6, 6.07) is 18.8. The standard InChI is InChI=1S/C23H18Cl2FN3O/c24-18-4-3-5-19(25)17(18)14-22-28-20-6-1-2-7-21(20)29(22)13-12-23(30)27-16-10-8-15(26)9-11-16/h1-11H,12-14H2,(H,27,30). The number of para-hydroxylation sites is 2. The van der Waals surface area contributed by atoms with Gasteiger partial charge in [0, 0.05) is 35.1 Å². The number of aromatic nitrogens is 2. The summed E-state index contributed by atoms with van der Waals surface area (Å²) in [6.45, 7) is 0.435. The number of nitrogens with zero attached hydrogens (tertiary/aromatic N) is 2. The van der Waals surface area contributed by atoms with E-state index in [1.165, 1.54) is 24.3 Å². The third-order valence-electron chi connectivity index (χ3n) is 4.82. The van der Waals surface area contributed by atoms with Crippen LogP contribution in [0.15, 0.2) is 66.7 Å². The average Bonchev–Trinajstić information content (AvgIpc) is 3.08. The molecular formula is C23H18Cl2FN3O. The van der Waals surface area contributed by atoms with E-state index >= 15 is 0 Å². The molecule has 0 unspecified atom stereocenters. The minimum atomic E-state index is -0.347. The van der Waals surface area contributed by atoms with Gasteiger partial charge in [0.2, 0.25) is 5.91 Å². The van der Waals surface area contributed by atoms with Gasteiger partial charge in [-0.1, -0.05) is 41.4 Å². The zero-order valence-corrected chi connectivity index (χ0v) is 17.4. The summed E-state index contributed by atoms with van der Waals surface area (Å²) in [5, 5.41) is 3.94. The molecule has 1 N–H and O–H groups in total. The van der Waals surface area contributed by atoms with E-state index in [1.807, 2.05) is 28.8 Å². The molecule has 0 atom stereocenters. The zero-order valence-electron chi connectivity index (χ0n) is 15.9. The van der Waals surface area contributed by atoms with Gasteiger partial charge in [-0.2, -0.15) is 0 Å². The molecule has 4 aromatic rings. The monoisotopic (exact) mass is 441 g/mol. The number of hydrogen-bond acceptors (Lipinski definition) is 2. The van der Waals surface area contributed by atoms with E-state index in [1.54, 1.807) is 18.2 Å². The van der Waals surface area contributed by atoms with Crippen molar-refractivity contribution in [1.82, 2.24) is 9.55 Å². The molecule has 1 amide bonds. The van der Waals surface area contributed by atoms with E-state index < -0.39 is 0 Å². The van der Waals surface area contributed by atoms with E-state index in [0.717, 1.165) is 22.4 Å². The number of carbonyl (C=O) groups is 1. The summed E-state index contributed by atoms with van der Waals surface area (Å²) in [5.74, 6) is 0.266. The smallest absolute Gasteiger partial charge is 0.226 e. The molecule has 0 bridgehead atoms. The number of nitrogens with one attached hydrogen (secondary N) is 1. The molecule has 0 spiro atoms. The van der Waals surface area contributed by atoms with E-state index in [-0.39, 0.29) is 18.1 Å². The molecule has 152 valence electrons. The Balaban J connectivity index is 1.57. The van der Waals surface area contributed by atoms with Crippen LogP contribution in [0.1, 0.15) is 17.8 Å². The number of rotatable bonds is 6. The number of carbonyl (C=O) groups excluding carboxylic acids is 1. The normalized spacial score (nSPS) is 11.0. The summed E-state index contributed by atoms with van der Waals surface area (Å²) in [7, 11) is 0. The van der Waals surface area contributed by atoms with Crippen molar-refractivity contribution in [2.75, 3.05) is 5.32 Å². The molecule has 30 heavy (non-hydrogen) atoms. The second-order valence-electron chi connectivity index (χ2n) is 6.85. The van der Waals surface area contributed by atoms with Crippen LogP contribution >= 0.6 is 23.2 Å². The van der Waals surface area contributed by atoms with Gasteiger partial charge in [0.15, 0.2) is 0 Å². The largest absolute Gasteiger partial charge is 0.327 e. The van der Waals surface area contributed by atoms with Crippen molar-refractivity contribution >= 4 is 45.8 Å². The second kappa shape index (κ2) is 8.86. The predicted octanol–water partition coefficient (Wildman–Crippen LogP) is 6.10. The van der Waals surface area contributed by atoms with Crippen molar-refractivity contribution in [3.05, 3.63) is 94.0 Å². The number of benzene rings is 3. The zero-order chi connectivity index (χ0) is 21.1. The summed E-state index contributed by atoms with van der Waals surface area (Å²) in [4.78, 5) is 17.2. The van der Waals surface area contributed by atoms with Gasteiger partial charge in [-0.05, 0) is 54.1 Å². The van der Waals surface area contributed by atoms with E-state index in [9.17, 15) is 9.18 Å². The van der Waals surface area contributed by atoms with E-state index in [4.69, 9.17) is 28.2 Å². The van der Waals surface area contributed by atoms with Crippen molar-refractivity contribution in [3.63, 3.8) is 0 Å². The molecule has 0 aliphatic heterocycles. The Hall–Kier alpha value is -2.89. The van der Waals surface area contributed by atoms with Crippen molar-refractivity contribution in [2.45, 2.75) is 19.4 Å². The Bertz CT molecular complexity index is 1180. The quantitative estimate of drug-likeness (QED) is 0.392. The lowest BCUT2D eigenvalue weighted by Crippen LogP contribution is -2.15. The van der Waals surface area contributed by atoms with Crippen LogP contribution in [-0.4, -0.2) is 15.5 Å². The van der Waals surface area contributed by atoms with Crippen molar-refractivity contribution in [2.24, 2.45) is 0 Å². The lowest BCUT2D eigenvalue weighted by atomic mass is 10.1. The molecule has 0 radical (unpaired) electrons. The molecule has 0 aliphatic rings. The van der Waals surface area contributed by atoms with Crippen LogP contribution in [-0.2, 0) is 17.8 Å². The maximum absolute atomic E-state index is 13.0. The van der Waals surface area contributed by atoms with Crippen LogP contribution in [0.2, 0.25) is 10.0 Å². The minimum Gasteiger partial charge on any atom is -0.327 e. The fourth-order valence-corrected chi connectivity index (χ4v) is 3.87. The lowest BCUT2D eigenvalue weighted by molar-refractivity contribution is -0.116. The van der Waals surface area contributed by atoms with Gasteiger partial charge in [-0.15, -0.1) is 0 Å². The van der Waals surface area contributed by atoms with E-state index in [0.29, 0.717) is 28.7 Å². The van der Waals surface area contributed by atoms with Gasteiger partial charge in [0.25, 0.3) is 0 Å². The first-order valence-corrected chi connectivity index (χ1v) is 10.2. The minimum absolute atomic E-state index is 0.166. The Morgan fingerprint density at radius 3 is 2.40 bits per heavy atom. The first-order valence-electron chi connectivity index (χ1n) is 9.44. The number of fused-ring (bicyclic) bond motifs is 1. The molecule has 0 saturated heterocycles. The molecular weight excluding hydrogens is 424 g/mol. The Kier molecular flexibility index (Phi) is 6.02. The predicted molar refractivity (Wildman–Crippen MR) is 119 cm³/mol. The molecule has 7 heteroatoms. The van der Waals surface area contributed by atoms with Crippen LogP contribution < -0.4 is 5.32 Å². The Labute approximate surface area is 183 Å². The number of hydrogen-bond donors (Lipinski definition) is 1. The summed E-state index contributed by atoms with van der Waals surface area (Å²) in [5.41, 5.74) is 3.13. The summed E-state index contributed by atoms with van der Waals surface area (Å²) >= 11 is 12.7. The van der Waals surface area contributed by atoms with Crippen molar-refractivity contribution < 1.29 is 9.18 Å². The average molecular weight is 442 g/mol. The first-order chi connectivity index (χ1) is 14.5. The molecule has 4 rings (SSSR count). The molecule has 0 aliphatic carbocycles. The van der Waals surface area contributed by atoms with E-state index in [2.05, 4.69) is 5.32 Å². The highest BCUT2D eigenvalue weighted by molar-refractivity contribution is 6.36. The van der Waals surface area contributed by atoms with Crippen molar-refractivity contribution in [1.29, 1.82) is 0 Å². The third-order valence-corrected chi connectivity index (χ3v) is 5.53. The van der Waals surface area contributed by atoms with Gasteiger partial charge in [0.05, 0.1) is 11.0 Å². The number of imidazole rings is 1. The molecule has 1 heterocycles. The highest BCUT2D eigenvalue weighted by Gasteiger charge is 2.15. The lowest BCUT2D eigenvalue weighted by Gasteiger charge is -2.11. The van der Waals surface area contributed by atoms with Gasteiger partial charge in [0.1, 0.15) is 11.6 Å². The summed E-state index contributed by atoms with van der Waals surface area (Å²) in [6.07, 6.45) is 0.688.